The zero-order valence-electron chi connectivity index (χ0n) is 9.64. The summed E-state index contributed by atoms with van der Waals surface area (Å²) in [6, 6.07) is 9.16. The third-order valence-electron chi connectivity index (χ3n) is 2.11. The van der Waals surface area contributed by atoms with Crippen molar-refractivity contribution >= 4 is 21.8 Å². The number of nitrogen functional groups attached to an aromatic ring is 1. The molecule has 5 nitrogen and oxygen atoms in total. The molecular weight excluding hydrogens is 296 g/mol. The molecule has 0 saturated heterocycles. The van der Waals surface area contributed by atoms with Crippen LogP contribution in [0.2, 0.25) is 0 Å². The lowest BCUT2D eigenvalue weighted by Gasteiger charge is -2.06. The van der Waals surface area contributed by atoms with E-state index in [4.69, 9.17) is 15.9 Å². The van der Waals surface area contributed by atoms with E-state index < -0.39 is 0 Å². The van der Waals surface area contributed by atoms with Crippen molar-refractivity contribution in [3.8, 4) is 11.8 Å². The molecule has 1 heterocycles. The van der Waals surface area contributed by atoms with Crippen molar-refractivity contribution in [2.24, 2.45) is 5.73 Å². The highest BCUT2D eigenvalue weighted by Gasteiger charge is 2.06. The quantitative estimate of drug-likeness (QED) is 0.674. The fourth-order valence-electron chi connectivity index (χ4n) is 1.36. The van der Waals surface area contributed by atoms with Crippen LogP contribution >= 0.6 is 15.9 Å². The number of benzene rings is 1. The number of nitrogens with one attached hydrogen (secondary N) is 1. The number of nitrogens with zero attached hydrogens (tertiary/aromatic N) is 2. The van der Waals surface area contributed by atoms with E-state index in [1.54, 1.807) is 25.1 Å². The first-order chi connectivity index (χ1) is 8.54. The lowest BCUT2D eigenvalue weighted by Crippen LogP contribution is -2.14. The van der Waals surface area contributed by atoms with Crippen LogP contribution < -0.4 is 10.5 Å². The second-order valence-corrected chi connectivity index (χ2v) is 4.57. The maximum atomic E-state index is 7.37. The van der Waals surface area contributed by atoms with Gasteiger partial charge in [-0.25, -0.2) is 4.98 Å². The van der Waals surface area contributed by atoms with Crippen LogP contribution in [0.3, 0.4) is 0 Å². The van der Waals surface area contributed by atoms with Gasteiger partial charge < -0.3 is 10.5 Å². The van der Waals surface area contributed by atoms with Crippen molar-refractivity contribution in [3.05, 3.63) is 46.2 Å². The number of halogens is 1. The number of aromatic nitrogens is 2. The number of hydrogen-bond acceptors (Lipinski definition) is 4. The second-order valence-electron chi connectivity index (χ2n) is 3.65. The summed E-state index contributed by atoms with van der Waals surface area (Å²) in [7, 11) is 0. The van der Waals surface area contributed by atoms with E-state index in [-0.39, 0.29) is 11.8 Å². The van der Waals surface area contributed by atoms with Crippen LogP contribution in [0, 0.1) is 12.3 Å². The summed E-state index contributed by atoms with van der Waals surface area (Å²) in [5.41, 5.74) is 6.45. The van der Waals surface area contributed by atoms with Gasteiger partial charge in [0.05, 0.1) is 0 Å². The van der Waals surface area contributed by atoms with E-state index in [1.165, 1.54) is 0 Å². The van der Waals surface area contributed by atoms with Gasteiger partial charge in [-0.2, -0.15) is 4.98 Å². The fourth-order valence-corrected chi connectivity index (χ4v) is 1.74. The normalized spacial score (nSPS) is 10.1. The maximum Gasteiger partial charge on any atom is 0.322 e. The standard InChI is InChI=1S/C12H11BrN4O/c1-7-5-10(11(14)15)17-12(16-7)18-9-4-2-3-8(13)6-9/h2-6H,1H3,(H3,14,15). The molecule has 0 saturated carbocycles. The smallest absolute Gasteiger partial charge is 0.322 e. The van der Waals surface area contributed by atoms with Gasteiger partial charge in [0.1, 0.15) is 17.3 Å². The highest BCUT2D eigenvalue weighted by Crippen LogP contribution is 2.22. The van der Waals surface area contributed by atoms with Crippen LogP contribution in [0.4, 0.5) is 0 Å². The van der Waals surface area contributed by atoms with Gasteiger partial charge in [-0.1, -0.05) is 22.0 Å². The van der Waals surface area contributed by atoms with Crippen LogP contribution in [0.5, 0.6) is 11.8 Å². The van der Waals surface area contributed by atoms with E-state index >= 15 is 0 Å². The first kappa shape index (κ1) is 12.5. The summed E-state index contributed by atoms with van der Waals surface area (Å²) in [5, 5.41) is 7.37. The largest absolute Gasteiger partial charge is 0.424 e. The Kier molecular flexibility index (Phi) is 3.57. The Bertz CT molecular complexity index is 600. The molecule has 1 aromatic carbocycles. The first-order valence-electron chi connectivity index (χ1n) is 5.18. The molecule has 3 N–H and O–H groups in total. The van der Waals surface area contributed by atoms with Crippen molar-refractivity contribution in [3.63, 3.8) is 0 Å². The number of aryl methyl sites for hydroxylation is 1. The van der Waals surface area contributed by atoms with Gasteiger partial charge in [-0.05, 0) is 31.2 Å². The summed E-state index contributed by atoms with van der Waals surface area (Å²) in [4.78, 5) is 8.20. The average molecular weight is 307 g/mol. The Hall–Kier alpha value is -1.95. The van der Waals surface area contributed by atoms with Crippen molar-refractivity contribution in [2.45, 2.75) is 6.92 Å². The molecule has 0 fully saturated rings. The van der Waals surface area contributed by atoms with Gasteiger partial charge >= 0.3 is 6.01 Å². The molecule has 0 atom stereocenters. The number of hydrogen-bond donors (Lipinski definition) is 2. The van der Waals surface area contributed by atoms with Crippen molar-refractivity contribution in [2.75, 3.05) is 0 Å². The molecule has 0 aliphatic heterocycles. The molecule has 0 aliphatic rings. The lowest BCUT2D eigenvalue weighted by atomic mass is 10.3. The van der Waals surface area contributed by atoms with Gasteiger partial charge in [0.15, 0.2) is 0 Å². The van der Waals surface area contributed by atoms with Crippen LogP contribution in [-0.2, 0) is 0 Å². The third-order valence-corrected chi connectivity index (χ3v) is 2.61. The molecule has 1 aromatic heterocycles. The maximum absolute atomic E-state index is 7.37. The van der Waals surface area contributed by atoms with Crippen molar-refractivity contribution in [1.29, 1.82) is 5.41 Å². The second kappa shape index (κ2) is 5.14. The van der Waals surface area contributed by atoms with Gasteiger partial charge in [0, 0.05) is 10.2 Å². The Morgan fingerprint density at radius 3 is 2.78 bits per heavy atom. The molecule has 0 radical (unpaired) electrons. The number of rotatable bonds is 3. The molecule has 0 bridgehead atoms. The zero-order chi connectivity index (χ0) is 13.1. The predicted molar refractivity (Wildman–Crippen MR) is 72.0 cm³/mol. The average Bonchev–Trinajstić information content (AvgIpc) is 2.28. The summed E-state index contributed by atoms with van der Waals surface area (Å²) in [6.45, 7) is 1.79. The third kappa shape index (κ3) is 3.04. The Morgan fingerprint density at radius 2 is 2.11 bits per heavy atom. The SMILES string of the molecule is Cc1cc(C(=N)N)nc(Oc2cccc(Br)c2)n1. The van der Waals surface area contributed by atoms with Crippen molar-refractivity contribution < 1.29 is 4.74 Å². The topological polar surface area (TPSA) is 84.9 Å². The molecule has 6 heteroatoms. The van der Waals surface area contributed by atoms with Gasteiger partial charge in [-0.15, -0.1) is 0 Å². The molecule has 0 amide bonds. The van der Waals surface area contributed by atoms with Crippen LogP contribution in [0.25, 0.3) is 0 Å². The Balaban J connectivity index is 2.31. The van der Waals surface area contributed by atoms with Crippen molar-refractivity contribution in [1.82, 2.24) is 9.97 Å². The number of amidine groups is 1. The molecule has 18 heavy (non-hydrogen) atoms. The van der Waals surface area contributed by atoms with Crippen LogP contribution in [0.15, 0.2) is 34.8 Å². The Labute approximate surface area is 113 Å². The highest BCUT2D eigenvalue weighted by molar-refractivity contribution is 9.10. The zero-order valence-corrected chi connectivity index (χ0v) is 11.2. The van der Waals surface area contributed by atoms with Crippen LogP contribution in [-0.4, -0.2) is 15.8 Å². The van der Waals surface area contributed by atoms with E-state index in [0.29, 0.717) is 17.1 Å². The van der Waals surface area contributed by atoms with E-state index in [1.807, 2.05) is 12.1 Å². The van der Waals surface area contributed by atoms with Gasteiger partial charge in [0.25, 0.3) is 0 Å². The number of nitrogens with two attached hydrogens (primary N) is 1. The highest BCUT2D eigenvalue weighted by atomic mass is 79.9. The summed E-state index contributed by atoms with van der Waals surface area (Å²) >= 11 is 3.35. The summed E-state index contributed by atoms with van der Waals surface area (Å²) < 4.78 is 6.43. The minimum atomic E-state index is -0.111. The molecule has 0 aliphatic carbocycles. The molecule has 2 rings (SSSR count). The predicted octanol–water partition coefficient (Wildman–Crippen LogP) is 2.62. The molecule has 2 aromatic rings. The monoisotopic (exact) mass is 306 g/mol. The molecular formula is C12H11BrN4O. The first-order valence-corrected chi connectivity index (χ1v) is 5.97. The molecule has 92 valence electrons. The van der Waals surface area contributed by atoms with Gasteiger partial charge in [-0.3, -0.25) is 5.41 Å². The summed E-state index contributed by atoms with van der Waals surface area (Å²) in [5.74, 6) is 0.504. The van der Waals surface area contributed by atoms with Crippen LogP contribution in [0.1, 0.15) is 11.4 Å². The number of ether oxygens (including phenoxy) is 1. The van der Waals surface area contributed by atoms with E-state index in [9.17, 15) is 0 Å². The Morgan fingerprint density at radius 1 is 1.33 bits per heavy atom. The molecule has 0 unspecified atom stereocenters. The van der Waals surface area contributed by atoms with Gasteiger partial charge in [0.2, 0.25) is 0 Å². The van der Waals surface area contributed by atoms with E-state index in [2.05, 4.69) is 25.9 Å². The molecule has 0 spiro atoms. The summed E-state index contributed by atoms with van der Waals surface area (Å²) in [6.07, 6.45) is 0. The van der Waals surface area contributed by atoms with E-state index in [0.717, 1.165) is 4.47 Å². The fraction of sp³-hybridized carbons (Fsp3) is 0.0833. The minimum absolute atomic E-state index is 0.111. The minimum Gasteiger partial charge on any atom is -0.424 e. The lowest BCUT2D eigenvalue weighted by molar-refractivity contribution is 0.439.